The Kier molecular flexibility index (Phi) is 4.12. The van der Waals surface area contributed by atoms with E-state index in [0.29, 0.717) is 13.0 Å². The van der Waals surface area contributed by atoms with Crippen molar-refractivity contribution in [3.05, 3.63) is 18.0 Å². The summed E-state index contributed by atoms with van der Waals surface area (Å²) in [5, 5.41) is 14.8. The third-order valence-electron chi connectivity index (χ3n) is 1.90. The Bertz CT molecular complexity index is 272. The van der Waals surface area contributed by atoms with Crippen LogP contribution in [0, 0.1) is 5.92 Å². The summed E-state index contributed by atoms with van der Waals surface area (Å²) in [6.07, 6.45) is 2.03. The number of hydrogen-bond donors (Lipinski definition) is 2. The van der Waals surface area contributed by atoms with Crippen molar-refractivity contribution in [3.8, 4) is 0 Å². The number of amides is 1. The molecule has 2 N–H and O–H groups in total. The Hall–Kier alpha value is -1.36. The Morgan fingerprint density at radius 2 is 2.57 bits per heavy atom. The van der Waals surface area contributed by atoms with Gasteiger partial charge in [-0.25, -0.2) is 0 Å². The van der Waals surface area contributed by atoms with E-state index in [-0.39, 0.29) is 24.1 Å². The van der Waals surface area contributed by atoms with E-state index in [0.717, 1.165) is 0 Å². The van der Waals surface area contributed by atoms with Gasteiger partial charge in [-0.15, -0.1) is 0 Å². The lowest BCUT2D eigenvalue weighted by molar-refractivity contribution is 0.0936. The quantitative estimate of drug-likeness (QED) is 0.719. The standard InChI is InChI=1S/C9H14N2O3/c1-7(2-4-12)6-10-9(13)8-3-5-14-11-8/h3,5,7,12H,2,4,6H2,1H3,(H,10,13). The highest BCUT2D eigenvalue weighted by Gasteiger charge is 2.09. The number of nitrogens with zero attached hydrogens (tertiary/aromatic N) is 1. The molecule has 14 heavy (non-hydrogen) atoms. The first-order valence-electron chi connectivity index (χ1n) is 4.53. The Morgan fingerprint density at radius 3 is 3.14 bits per heavy atom. The molecule has 0 aliphatic rings. The first-order valence-corrected chi connectivity index (χ1v) is 4.53. The van der Waals surface area contributed by atoms with E-state index >= 15 is 0 Å². The lowest BCUT2D eigenvalue weighted by atomic mass is 10.1. The summed E-state index contributed by atoms with van der Waals surface area (Å²) in [5.41, 5.74) is 0.279. The lowest BCUT2D eigenvalue weighted by Gasteiger charge is -2.09. The van der Waals surface area contributed by atoms with Gasteiger partial charge in [0.05, 0.1) is 0 Å². The summed E-state index contributed by atoms with van der Waals surface area (Å²) in [6.45, 7) is 2.63. The van der Waals surface area contributed by atoms with Gasteiger partial charge in [-0.05, 0) is 12.3 Å². The van der Waals surface area contributed by atoms with Gasteiger partial charge in [0.15, 0.2) is 5.69 Å². The Balaban J connectivity index is 2.28. The molecule has 78 valence electrons. The molecule has 0 fully saturated rings. The molecule has 1 unspecified atom stereocenters. The van der Waals surface area contributed by atoms with Gasteiger partial charge in [-0.2, -0.15) is 0 Å². The molecule has 1 atom stereocenters. The van der Waals surface area contributed by atoms with Crippen LogP contribution in [0.25, 0.3) is 0 Å². The van der Waals surface area contributed by atoms with Crippen LogP contribution in [0.4, 0.5) is 0 Å². The van der Waals surface area contributed by atoms with E-state index < -0.39 is 0 Å². The molecule has 0 saturated carbocycles. The Labute approximate surface area is 82.1 Å². The first-order chi connectivity index (χ1) is 6.74. The fourth-order valence-corrected chi connectivity index (χ4v) is 1.01. The number of aliphatic hydroxyl groups is 1. The van der Waals surface area contributed by atoms with Crippen molar-refractivity contribution in [1.82, 2.24) is 10.5 Å². The monoisotopic (exact) mass is 198 g/mol. The number of aromatic nitrogens is 1. The summed E-state index contributed by atoms with van der Waals surface area (Å²) in [6, 6.07) is 1.51. The van der Waals surface area contributed by atoms with Crippen LogP contribution in [0.1, 0.15) is 23.8 Å². The predicted molar refractivity (Wildman–Crippen MR) is 49.7 cm³/mol. The maximum atomic E-state index is 11.3. The lowest BCUT2D eigenvalue weighted by Crippen LogP contribution is -2.28. The first kappa shape index (κ1) is 10.7. The molecule has 0 aliphatic carbocycles. The van der Waals surface area contributed by atoms with Crippen LogP contribution >= 0.6 is 0 Å². The topological polar surface area (TPSA) is 75.4 Å². The minimum atomic E-state index is -0.247. The van der Waals surface area contributed by atoms with Crippen molar-refractivity contribution in [1.29, 1.82) is 0 Å². The molecule has 1 rings (SSSR count). The normalized spacial score (nSPS) is 12.4. The fourth-order valence-electron chi connectivity index (χ4n) is 1.01. The van der Waals surface area contributed by atoms with E-state index in [1.807, 2.05) is 6.92 Å². The molecule has 0 aromatic carbocycles. The van der Waals surface area contributed by atoms with Crippen molar-refractivity contribution in [3.63, 3.8) is 0 Å². The van der Waals surface area contributed by atoms with E-state index in [1.165, 1.54) is 12.3 Å². The summed E-state index contributed by atoms with van der Waals surface area (Å²) < 4.78 is 4.54. The summed E-state index contributed by atoms with van der Waals surface area (Å²) in [4.78, 5) is 11.3. The number of rotatable bonds is 5. The third-order valence-corrected chi connectivity index (χ3v) is 1.90. The SMILES string of the molecule is CC(CCO)CNC(=O)c1ccon1. The molecular formula is C9H14N2O3. The van der Waals surface area contributed by atoms with Gasteiger partial charge in [0.25, 0.3) is 5.91 Å². The van der Waals surface area contributed by atoms with Crippen molar-refractivity contribution >= 4 is 5.91 Å². The molecule has 0 spiro atoms. The van der Waals surface area contributed by atoms with Crippen LogP contribution in [0.3, 0.4) is 0 Å². The molecule has 0 radical (unpaired) electrons. The van der Waals surface area contributed by atoms with Gasteiger partial charge in [-0.1, -0.05) is 12.1 Å². The van der Waals surface area contributed by atoms with Gasteiger partial charge >= 0.3 is 0 Å². The maximum Gasteiger partial charge on any atom is 0.273 e. The number of hydrogen-bond acceptors (Lipinski definition) is 4. The van der Waals surface area contributed by atoms with Gasteiger partial charge in [-0.3, -0.25) is 4.79 Å². The molecule has 1 heterocycles. The van der Waals surface area contributed by atoms with E-state index in [4.69, 9.17) is 5.11 Å². The van der Waals surface area contributed by atoms with Crippen LogP contribution in [0.5, 0.6) is 0 Å². The molecule has 0 aliphatic heterocycles. The second-order valence-corrected chi connectivity index (χ2v) is 3.21. The van der Waals surface area contributed by atoms with Crippen molar-refractivity contribution in [2.75, 3.05) is 13.2 Å². The largest absolute Gasteiger partial charge is 0.396 e. The van der Waals surface area contributed by atoms with Gasteiger partial charge < -0.3 is 14.9 Å². The number of nitrogens with one attached hydrogen (secondary N) is 1. The van der Waals surface area contributed by atoms with E-state index in [2.05, 4.69) is 15.0 Å². The highest BCUT2D eigenvalue weighted by molar-refractivity contribution is 5.91. The maximum absolute atomic E-state index is 11.3. The van der Waals surface area contributed by atoms with Gasteiger partial charge in [0.1, 0.15) is 6.26 Å². The zero-order valence-electron chi connectivity index (χ0n) is 8.06. The number of carbonyl (C=O) groups excluding carboxylic acids is 1. The van der Waals surface area contributed by atoms with Crippen molar-refractivity contribution in [2.45, 2.75) is 13.3 Å². The molecule has 0 saturated heterocycles. The zero-order valence-corrected chi connectivity index (χ0v) is 8.06. The number of carbonyl (C=O) groups is 1. The molecule has 1 aromatic heterocycles. The Morgan fingerprint density at radius 1 is 1.79 bits per heavy atom. The molecule has 0 bridgehead atoms. The highest BCUT2D eigenvalue weighted by Crippen LogP contribution is 1.99. The molecule has 5 heteroatoms. The van der Waals surface area contributed by atoms with Crippen molar-refractivity contribution in [2.24, 2.45) is 5.92 Å². The van der Waals surface area contributed by atoms with Gasteiger partial charge in [0, 0.05) is 19.2 Å². The van der Waals surface area contributed by atoms with Crippen LogP contribution < -0.4 is 5.32 Å². The molecule has 5 nitrogen and oxygen atoms in total. The number of aliphatic hydroxyl groups excluding tert-OH is 1. The summed E-state index contributed by atoms with van der Waals surface area (Å²) in [5.74, 6) is 0.0133. The smallest absolute Gasteiger partial charge is 0.273 e. The molecule has 1 amide bonds. The van der Waals surface area contributed by atoms with E-state index in [1.54, 1.807) is 0 Å². The minimum absolute atomic E-state index is 0.140. The zero-order chi connectivity index (χ0) is 10.4. The summed E-state index contributed by atoms with van der Waals surface area (Å²) >= 11 is 0. The van der Waals surface area contributed by atoms with Crippen LogP contribution in [0.2, 0.25) is 0 Å². The average Bonchev–Trinajstić information content (AvgIpc) is 2.67. The third kappa shape index (κ3) is 3.18. The van der Waals surface area contributed by atoms with Crippen LogP contribution in [-0.4, -0.2) is 29.3 Å². The highest BCUT2D eigenvalue weighted by atomic mass is 16.5. The second kappa shape index (κ2) is 5.39. The van der Waals surface area contributed by atoms with Crippen molar-refractivity contribution < 1.29 is 14.4 Å². The molecular weight excluding hydrogens is 184 g/mol. The predicted octanol–water partition coefficient (Wildman–Crippen LogP) is 0.423. The van der Waals surface area contributed by atoms with Crippen LogP contribution in [-0.2, 0) is 0 Å². The fraction of sp³-hybridized carbons (Fsp3) is 0.556. The van der Waals surface area contributed by atoms with Crippen LogP contribution in [0.15, 0.2) is 16.9 Å². The van der Waals surface area contributed by atoms with Gasteiger partial charge in [0.2, 0.25) is 0 Å². The molecule has 1 aromatic rings. The minimum Gasteiger partial charge on any atom is -0.396 e. The van der Waals surface area contributed by atoms with E-state index in [9.17, 15) is 4.79 Å². The summed E-state index contributed by atoms with van der Waals surface area (Å²) in [7, 11) is 0. The second-order valence-electron chi connectivity index (χ2n) is 3.21. The average molecular weight is 198 g/mol.